The zero-order valence-corrected chi connectivity index (χ0v) is 21.9. The van der Waals surface area contributed by atoms with E-state index in [1.165, 1.54) is 4.90 Å². The van der Waals surface area contributed by atoms with Gasteiger partial charge in [-0.3, -0.25) is 9.59 Å². The van der Waals surface area contributed by atoms with Crippen LogP contribution in [0.25, 0.3) is 0 Å². The van der Waals surface area contributed by atoms with Gasteiger partial charge in [-0.15, -0.1) is 0 Å². The Balaban J connectivity index is 1.23. The van der Waals surface area contributed by atoms with Crippen LogP contribution in [-0.4, -0.2) is 57.7 Å². The van der Waals surface area contributed by atoms with Crippen molar-refractivity contribution in [2.75, 3.05) is 25.1 Å². The van der Waals surface area contributed by atoms with Gasteiger partial charge >= 0.3 is 0 Å². The summed E-state index contributed by atoms with van der Waals surface area (Å²) in [6.07, 6.45) is 2.19. The maximum Gasteiger partial charge on any atom is 0.275 e. The molecule has 2 amide bonds. The lowest BCUT2D eigenvalue weighted by atomic mass is 10.0. The fraction of sp³-hybridized carbons (Fsp3) is 0.200. The molecule has 1 atom stereocenters. The van der Waals surface area contributed by atoms with Gasteiger partial charge < -0.3 is 14.5 Å². The van der Waals surface area contributed by atoms with Crippen LogP contribution < -0.4 is 9.64 Å². The minimum absolute atomic E-state index is 0.0207. The van der Waals surface area contributed by atoms with E-state index in [9.17, 15) is 9.59 Å². The zero-order valence-electron chi connectivity index (χ0n) is 21.2. The van der Waals surface area contributed by atoms with E-state index in [2.05, 4.69) is 21.9 Å². The van der Waals surface area contributed by atoms with Gasteiger partial charge in [0.25, 0.3) is 11.8 Å². The number of halogens is 1. The van der Waals surface area contributed by atoms with E-state index >= 15 is 0 Å². The first-order valence-corrected chi connectivity index (χ1v) is 12.9. The van der Waals surface area contributed by atoms with Gasteiger partial charge in [0.05, 0.1) is 12.2 Å². The molecule has 0 unspecified atom stereocenters. The van der Waals surface area contributed by atoms with E-state index in [1.54, 1.807) is 35.0 Å². The standard InChI is InChI=1S/C30H24ClN5O3/c1-34-24-13-11-20(10-12-22-9-5-6-15-32-22)17-26(24)39-19-25(29(34)37)35-16-14-23-27(30(35)38)33-36(28(23)31)18-21-7-3-2-4-8-21/h2-9,11,13,15,17,25H,14,16,18-19H2,1H3/t25-/m1/s1. The number of anilines is 1. The molecule has 39 heavy (non-hydrogen) atoms. The summed E-state index contributed by atoms with van der Waals surface area (Å²) in [4.78, 5) is 34.4. The number of carbonyl (C=O) groups is 2. The van der Waals surface area contributed by atoms with Crippen LogP contribution in [0.4, 0.5) is 5.69 Å². The van der Waals surface area contributed by atoms with Crippen molar-refractivity contribution in [3.8, 4) is 17.6 Å². The largest absolute Gasteiger partial charge is 0.489 e. The summed E-state index contributed by atoms with van der Waals surface area (Å²) in [5, 5.41) is 5.00. The number of amides is 2. The number of likely N-dealkylation sites (N-methyl/N-ethyl adjacent to an activating group) is 1. The Morgan fingerprint density at radius 3 is 2.67 bits per heavy atom. The normalized spacial score (nSPS) is 16.5. The molecule has 0 bridgehead atoms. The number of benzene rings is 2. The summed E-state index contributed by atoms with van der Waals surface area (Å²) in [6, 6.07) is 20.0. The number of hydrogen-bond acceptors (Lipinski definition) is 5. The summed E-state index contributed by atoms with van der Waals surface area (Å²) in [5.41, 5.74) is 4.03. The van der Waals surface area contributed by atoms with Crippen molar-refractivity contribution < 1.29 is 14.3 Å². The lowest BCUT2D eigenvalue weighted by Gasteiger charge is -2.33. The van der Waals surface area contributed by atoms with Gasteiger partial charge in [-0.25, -0.2) is 9.67 Å². The van der Waals surface area contributed by atoms with Crippen LogP contribution in [0.2, 0.25) is 5.15 Å². The van der Waals surface area contributed by atoms with Gasteiger partial charge in [-0.2, -0.15) is 5.10 Å². The third-order valence-electron chi connectivity index (χ3n) is 6.93. The van der Waals surface area contributed by atoms with E-state index in [0.717, 1.165) is 11.1 Å². The lowest BCUT2D eigenvalue weighted by molar-refractivity contribution is -0.123. The van der Waals surface area contributed by atoms with Crippen molar-refractivity contribution in [2.45, 2.75) is 19.0 Å². The minimum Gasteiger partial charge on any atom is -0.489 e. The molecule has 194 valence electrons. The molecule has 4 heterocycles. The molecular weight excluding hydrogens is 514 g/mol. The second-order valence-corrected chi connectivity index (χ2v) is 9.74. The number of ether oxygens (including phenoxy) is 1. The summed E-state index contributed by atoms with van der Waals surface area (Å²) in [5.74, 6) is 6.10. The molecule has 4 aromatic rings. The van der Waals surface area contributed by atoms with Crippen LogP contribution in [0, 0.1) is 11.8 Å². The number of hydrogen-bond donors (Lipinski definition) is 0. The number of nitrogens with zero attached hydrogens (tertiary/aromatic N) is 5. The smallest absolute Gasteiger partial charge is 0.275 e. The molecule has 0 N–H and O–H groups in total. The molecule has 0 fully saturated rings. The number of pyridine rings is 1. The first-order valence-electron chi connectivity index (χ1n) is 12.6. The Hall–Kier alpha value is -4.61. The Morgan fingerprint density at radius 1 is 1.05 bits per heavy atom. The van der Waals surface area contributed by atoms with Gasteiger partial charge in [0, 0.05) is 30.9 Å². The predicted octanol–water partition coefficient (Wildman–Crippen LogP) is 3.80. The number of rotatable bonds is 3. The molecule has 2 aliphatic heterocycles. The first kappa shape index (κ1) is 24.7. The van der Waals surface area contributed by atoms with E-state index in [1.807, 2.05) is 54.6 Å². The fourth-order valence-electron chi connectivity index (χ4n) is 4.86. The van der Waals surface area contributed by atoms with Gasteiger partial charge in [0.2, 0.25) is 0 Å². The number of carbonyl (C=O) groups excluding carboxylic acids is 2. The quantitative estimate of drug-likeness (QED) is 0.371. The molecule has 0 saturated heterocycles. The van der Waals surface area contributed by atoms with Crippen molar-refractivity contribution in [1.29, 1.82) is 0 Å². The third-order valence-corrected chi connectivity index (χ3v) is 7.36. The van der Waals surface area contributed by atoms with E-state index in [-0.39, 0.29) is 24.1 Å². The fourth-order valence-corrected chi connectivity index (χ4v) is 5.14. The average Bonchev–Trinajstić information content (AvgIpc) is 3.22. The Bertz CT molecular complexity index is 1630. The van der Waals surface area contributed by atoms with Crippen LogP contribution in [0.15, 0.2) is 72.9 Å². The highest BCUT2D eigenvalue weighted by molar-refractivity contribution is 6.31. The van der Waals surface area contributed by atoms with Crippen molar-refractivity contribution in [3.05, 3.63) is 106 Å². The van der Waals surface area contributed by atoms with Gasteiger partial charge in [-0.1, -0.05) is 53.9 Å². The topological polar surface area (TPSA) is 80.6 Å². The molecule has 0 radical (unpaired) electrons. The Labute approximate surface area is 230 Å². The van der Waals surface area contributed by atoms with Gasteiger partial charge in [0.1, 0.15) is 29.2 Å². The van der Waals surface area contributed by atoms with E-state index in [4.69, 9.17) is 16.3 Å². The number of fused-ring (bicyclic) bond motifs is 2. The average molecular weight is 538 g/mol. The Kier molecular flexibility index (Phi) is 6.51. The summed E-state index contributed by atoms with van der Waals surface area (Å²) < 4.78 is 7.74. The number of aromatic nitrogens is 3. The molecule has 6 rings (SSSR count). The van der Waals surface area contributed by atoms with E-state index < -0.39 is 6.04 Å². The van der Waals surface area contributed by atoms with Gasteiger partial charge in [-0.05, 0) is 48.2 Å². The van der Waals surface area contributed by atoms with Crippen molar-refractivity contribution in [1.82, 2.24) is 19.7 Å². The molecular formula is C30H24ClN5O3. The highest BCUT2D eigenvalue weighted by atomic mass is 35.5. The highest BCUT2D eigenvalue weighted by Crippen LogP contribution is 2.34. The maximum absolute atomic E-state index is 13.6. The van der Waals surface area contributed by atoms with Gasteiger partial charge in [0.15, 0.2) is 5.69 Å². The van der Waals surface area contributed by atoms with Crippen LogP contribution in [0.5, 0.6) is 5.75 Å². The predicted molar refractivity (Wildman–Crippen MR) is 147 cm³/mol. The SMILES string of the molecule is CN1C(=O)[C@H](N2CCc3c(nn(Cc4ccccc4)c3Cl)C2=O)COc2cc(C#Cc3ccccn3)ccc21. The Morgan fingerprint density at radius 2 is 1.87 bits per heavy atom. The molecule has 0 aliphatic carbocycles. The van der Waals surface area contributed by atoms with Crippen molar-refractivity contribution in [2.24, 2.45) is 0 Å². The third kappa shape index (κ3) is 4.73. The lowest BCUT2D eigenvalue weighted by Crippen LogP contribution is -2.54. The summed E-state index contributed by atoms with van der Waals surface area (Å²) >= 11 is 6.62. The highest BCUT2D eigenvalue weighted by Gasteiger charge is 2.40. The van der Waals surface area contributed by atoms with Crippen LogP contribution in [-0.2, 0) is 17.8 Å². The zero-order chi connectivity index (χ0) is 26.9. The summed E-state index contributed by atoms with van der Waals surface area (Å²) in [6.45, 7) is 0.815. The molecule has 8 nitrogen and oxygen atoms in total. The van der Waals surface area contributed by atoms with Crippen LogP contribution >= 0.6 is 11.6 Å². The van der Waals surface area contributed by atoms with E-state index in [0.29, 0.717) is 47.4 Å². The first-order chi connectivity index (χ1) is 19.0. The molecule has 0 saturated carbocycles. The molecule has 9 heteroatoms. The van der Waals surface area contributed by atoms with Crippen LogP contribution in [0.3, 0.4) is 0 Å². The van der Waals surface area contributed by atoms with Crippen molar-refractivity contribution in [3.63, 3.8) is 0 Å². The minimum atomic E-state index is -0.802. The molecule has 2 aliphatic rings. The monoisotopic (exact) mass is 537 g/mol. The maximum atomic E-state index is 13.6. The molecule has 0 spiro atoms. The second kappa shape index (κ2) is 10.3. The van der Waals surface area contributed by atoms with Crippen molar-refractivity contribution >= 4 is 29.1 Å². The molecule has 2 aromatic carbocycles. The van der Waals surface area contributed by atoms with Crippen LogP contribution in [0.1, 0.15) is 32.9 Å². The molecule has 2 aromatic heterocycles. The summed E-state index contributed by atoms with van der Waals surface area (Å²) in [7, 11) is 1.69. The second-order valence-electron chi connectivity index (χ2n) is 9.38.